The Morgan fingerprint density at radius 1 is 1.38 bits per heavy atom. The predicted molar refractivity (Wildman–Crippen MR) is 84.4 cm³/mol. The first-order valence-electron chi connectivity index (χ1n) is 7.74. The molecule has 1 unspecified atom stereocenters. The number of methoxy groups -OCH3 is 1. The molecule has 2 rings (SSSR count). The molecule has 0 aromatic heterocycles. The van der Waals surface area contributed by atoms with E-state index in [1.165, 1.54) is 0 Å². The van der Waals surface area contributed by atoms with E-state index in [4.69, 9.17) is 10.5 Å². The molecule has 21 heavy (non-hydrogen) atoms. The summed E-state index contributed by atoms with van der Waals surface area (Å²) in [5.74, 6) is 1.05. The van der Waals surface area contributed by atoms with Crippen LogP contribution in [0.5, 0.6) is 5.75 Å². The number of hydrogen-bond donors (Lipinski definition) is 2. The number of amides is 1. The maximum atomic E-state index is 12.3. The molecule has 1 saturated carbocycles. The summed E-state index contributed by atoms with van der Waals surface area (Å²) in [7, 11) is 1.66. The molecule has 1 aromatic rings. The molecular formula is C17H26N2O2. The van der Waals surface area contributed by atoms with Gasteiger partial charge >= 0.3 is 0 Å². The second kappa shape index (κ2) is 6.94. The third kappa shape index (κ3) is 3.76. The van der Waals surface area contributed by atoms with Crippen LogP contribution in [-0.2, 0) is 4.79 Å². The van der Waals surface area contributed by atoms with Crippen LogP contribution in [0.25, 0.3) is 0 Å². The van der Waals surface area contributed by atoms with Crippen LogP contribution in [0.15, 0.2) is 24.3 Å². The molecular weight excluding hydrogens is 264 g/mol. The molecule has 1 amide bonds. The van der Waals surface area contributed by atoms with Crippen LogP contribution in [0, 0.1) is 0 Å². The highest BCUT2D eigenvalue weighted by molar-refractivity contribution is 5.78. The number of carbonyl (C=O) groups is 1. The van der Waals surface area contributed by atoms with Gasteiger partial charge in [0.05, 0.1) is 12.6 Å². The van der Waals surface area contributed by atoms with E-state index in [1.807, 2.05) is 24.3 Å². The minimum atomic E-state index is -0.169. The summed E-state index contributed by atoms with van der Waals surface area (Å²) in [6, 6.07) is 7.87. The van der Waals surface area contributed by atoms with Gasteiger partial charge < -0.3 is 15.8 Å². The van der Waals surface area contributed by atoms with Crippen molar-refractivity contribution in [1.82, 2.24) is 5.32 Å². The van der Waals surface area contributed by atoms with E-state index < -0.39 is 0 Å². The monoisotopic (exact) mass is 290 g/mol. The summed E-state index contributed by atoms with van der Waals surface area (Å²) in [6.45, 7) is 2.59. The number of rotatable bonds is 6. The Hall–Kier alpha value is -1.55. The van der Waals surface area contributed by atoms with Crippen molar-refractivity contribution in [3.63, 3.8) is 0 Å². The van der Waals surface area contributed by atoms with Gasteiger partial charge in [-0.05, 0) is 30.4 Å². The second-order valence-corrected chi connectivity index (χ2v) is 6.09. The fraction of sp³-hybridized carbons (Fsp3) is 0.588. The van der Waals surface area contributed by atoms with Crippen molar-refractivity contribution < 1.29 is 9.53 Å². The van der Waals surface area contributed by atoms with E-state index in [2.05, 4.69) is 12.2 Å². The lowest BCUT2D eigenvalue weighted by atomic mass is 9.94. The Bertz CT molecular complexity index is 481. The highest BCUT2D eigenvalue weighted by Gasteiger charge is 2.34. The third-order valence-electron chi connectivity index (χ3n) is 4.52. The van der Waals surface area contributed by atoms with Crippen LogP contribution >= 0.6 is 0 Å². The molecule has 0 saturated heterocycles. The highest BCUT2D eigenvalue weighted by atomic mass is 16.5. The van der Waals surface area contributed by atoms with Crippen molar-refractivity contribution in [1.29, 1.82) is 0 Å². The molecule has 1 aliphatic rings. The Morgan fingerprint density at radius 2 is 2.05 bits per heavy atom. The first-order valence-corrected chi connectivity index (χ1v) is 7.74. The van der Waals surface area contributed by atoms with Gasteiger partial charge in [-0.2, -0.15) is 0 Å². The van der Waals surface area contributed by atoms with E-state index >= 15 is 0 Å². The Labute approximate surface area is 127 Å². The zero-order chi connectivity index (χ0) is 15.3. The van der Waals surface area contributed by atoms with Gasteiger partial charge in [0.2, 0.25) is 5.91 Å². The fourth-order valence-corrected chi connectivity index (χ4v) is 3.24. The molecule has 1 aromatic carbocycles. The molecule has 0 spiro atoms. The van der Waals surface area contributed by atoms with E-state index in [0.29, 0.717) is 13.0 Å². The van der Waals surface area contributed by atoms with Crippen molar-refractivity contribution in [3.8, 4) is 5.75 Å². The molecule has 1 aliphatic carbocycles. The van der Waals surface area contributed by atoms with Gasteiger partial charge in [-0.1, -0.05) is 38.0 Å². The minimum absolute atomic E-state index is 0.0840. The number of ether oxygens (including phenoxy) is 1. The second-order valence-electron chi connectivity index (χ2n) is 6.09. The quantitative estimate of drug-likeness (QED) is 0.846. The van der Waals surface area contributed by atoms with Crippen LogP contribution < -0.4 is 15.8 Å². The molecule has 3 N–H and O–H groups in total. The first kappa shape index (κ1) is 15.8. The summed E-state index contributed by atoms with van der Waals surface area (Å²) in [4.78, 5) is 12.3. The smallest absolute Gasteiger partial charge is 0.221 e. The average molecular weight is 290 g/mol. The van der Waals surface area contributed by atoms with Crippen LogP contribution in [0.3, 0.4) is 0 Å². The number of para-hydroxylation sites is 1. The van der Waals surface area contributed by atoms with Crippen molar-refractivity contribution in [3.05, 3.63) is 29.8 Å². The van der Waals surface area contributed by atoms with Gasteiger partial charge in [0.1, 0.15) is 5.75 Å². The number of carbonyl (C=O) groups excluding carboxylic acids is 1. The normalized spacial score (nSPS) is 18.2. The van der Waals surface area contributed by atoms with Gasteiger partial charge in [-0.3, -0.25) is 4.79 Å². The zero-order valence-corrected chi connectivity index (χ0v) is 13.0. The molecule has 4 nitrogen and oxygen atoms in total. The highest BCUT2D eigenvalue weighted by Crippen LogP contribution is 2.31. The molecule has 1 fully saturated rings. The summed E-state index contributed by atoms with van der Waals surface area (Å²) < 4.78 is 5.37. The maximum Gasteiger partial charge on any atom is 0.221 e. The topological polar surface area (TPSA) is 64.3 Å². The average Bonchev–Trinajstić information content (AvgIpc) is 2.96. The van der Waals surface area contributed by atoms with Gasteiger partial charge in [0, 0.05) is 13.0 Å². The molecule has 116 valence electrons. The van der Waals surface area contributed by atoms with Gasteiger partial charge in [-0.15, -0.1) is 0 Å². The lowest BCUT2D eigenvalue weighted by Crippen LogP contribution is -2.51. The van der Waals surface area contributed by atoms with Crippen LogP contribution in [0.1, 0.15) is 50.5 Å². The Balaban J connectivity index is 1.99. The molecule has 0 aliphatic heterocycles. The predicted octanol–water partition coefficient (Wildman–Crippen LogP) is 2.58. The maximum absolute atomic E-state index is 12.3. The molecule has 1 atom stereocenters. The van der Waals surface area contributed by atoms with E-state index in [9.17, 15) is 4.79 Å². The minimum Gasteiger partial charge on any atom is -0.496 e. The van der Waals surface area contributed by atoms with Crippen LogP contribution in [-0.4, -0.2) is 25.1 Å². The van der Waals surface area contributed by atoms with Crippen LogP contribution in [0.2, 0.25) is 0 Å². The molecule has 0 radical (unpaired) electrons. The van der Waals surface area contributed by atoms with Crippen molar-refractivity contribution in [2.45, 2.75) is 50.5 Å². The largest absolute Gasteiger partial charge is 0.496 e. The lowest BCUT2D eigenvalue weighted by Gasteiger charge is -2.29. The van der Waals surface area contributed by atoms with E-state index in [0.717, 1.165) is 37.0 Å². The first-order chi connectivity index (χ1) is 10.1. The molecule has 0 heterocycles. The van der Waals surface area contributed by atoms with Gasteiger partial charge in [-0.25, -0.2) is 0 Å². The summed E-state index contributed by atoms with van der Waals surface area (Å²) in [6.07, 6.45) is 4.76. The summed E-state index contributed by atoms with van der Waals surface area (Å²) in [5, 5.41) is 3.18. The number of nitrogens with two attached hydrogens (primary N) is 1. The molecule has 4 heteroatoms. The Kier molecular flexibility index (Phi) is 5.23. The Morgan fingerprint density at radius 3 is 2.67 bits per heavy atom. The van der Waals surface area contributed by atoms with Crippen molar-refractivity contribution >= 4 is 5.91 Å². The standard InChI is InChI=1S/C17H26N2O2/c1-13(14-7-3-4-8-15(14)21-2)11-16(20)19-17(12-18)9-5-6-10-17/h3-4,7-8,13H,5-6,9-12,18H2,1-2H3,(H,19,20). The van der Waals surface area contributed by atoms with Crippen LogP contribution in [0.4, 0.5) is 0 Å². The number of hydrogen-bond acceptors (Lipinski definition) is 3. The fourth-order valence-electron chi connectivity index (χ4n) is 3.24. The number of nitrogens with one attached hydrogen (secondary N) is 1. The summed E-state index contributed by atoms with van der Waals surface area (Å²) in [5.41, 5.74) is 6.77. The van der Waals surface area contributed by atoms with E-state index in [-0.39, 0.29) is 17.4 Å². The SMILES string of the molecule is COc1ccccc1C(C)CC(=O)NC1(CN)CCCC1. The third-order valence-corrected chi connectivity index (χ3v) is 4.52. The van der Waals surface area contributed by atoms with Crippen molar-refractivity contribution in [2.75, 3.05) is 13.7 Å². The van der Waals surface area contributed by atoms with Crippen molar-refractivity contribution in [2.24, 2.45) is 5.73 Å². The van der Waals surface area contributed by atoms with Gasteiger partial charge in [0.15, 0.2) is 0 Å². The zero-order valence-electron chi connectivity index (χ0n) is 13.0. The summed E-state index contributed by atoms with van der Waals surface area (Å²) >= 11 is 0. The van der Waals surface area contributed by atoms with Gasteiger partial charge in [0.25, 0.3) is 0 Å². The molecule has 0 bridgehead atoms. The van der Waals surface area contributed by atoms with E-state index in [1.54, 1.807) is 7.11 Å². The lowest BCUT2D eigenvalue weighted by molar-refractivity contribution is -0.123. The number of benzene rings is 1.